The summed E-state index contributed by atoms with van der Waals surface area (Å²) >= 11 is 0. The molecule has 1 heterocycles. The molecular weight excluding hydrogens is 184 g/mol. The van der Waals surface area contributed by atoms with E-state index in [0.717, 1.165) is 0 Å². The standard InChI is InChI=1S/C9H6N2O3/c12-8-1-2-9-6(4-8)3-7(5-10-9)11(13)14/h1-5,12H. The maximum Gasteiger partial charge on any atom is 0.288 e. The van der Waals surface area contributed by atoms with Gasteiger partial charge in [-0.15, -0.1) is 0 Å². The molecule has 2 rings (SSSR count). The summed E-state index contributed by atoms with van der Waals surface area (Å²) < 4.78 is 0. The van der Waals surface area contributed by atoms with Crippen LogP contribution in [-0.4, -0.2) is 15.0 Å². The fraction of sp³-hybridized carbons (Fsp3) is 0. The molecule has 2 aromatic rings. The number of phenols is 1. The van der Waals surface area contributed by atoms with E-state index in [1.54, 1.807) is 6.07 Å². The number of phenolic OH excluding ortho intramolecular Hbond substituents is 1. The van der Waals surface area contributed by atoms with E-state index in [9.17, 15) is 10.1 Å². The second kappa shape index (κ2) is 2.95. The third-order valence-corrected chi connectivity index (χ3v) is 1.86. The number of hydrogen-bond donors (Lipinski definition) is 1. The Labute approximate surface area is 78.8 Å². The molecule has 0 amide bonds. The van der Waals surface area contributed by atoms with Crippen molar-refractivity contribution in [2.75, 3.05) is 0 Å². The zero-order valence-electron chi connectivity index (χ0n) is 7.04. The van der Waals surface area contributed by atoms with Gasteiger partial charge in [-0.1, -0.05) is 0 Å². The zero-order chi connectivity index (χ0) is 10.1. The molecule has 5 heteroatoms. The van der Waals surface area contributed by atoms with Crippen LogP contribution in [-0.2, 0) is 0 Å². The van der Waals surface area contributed by atoms with E-state index in [0.29, 0.717) is 10.9 Å². The monoisotopic (exact) mass is 190 g/mol. The van der Waals surface area contributed by atoms with Crippen molar-refractivity contribution in [2.45, 2.75) is 0 Å². The molecule has 0 bridgehead atoms. The van der Waals surface area contributed by atoms with Gasteiger partial charge in [0.15, 0.2) is 0 Å². The van der Waals surface area contributed by atoms with Gasteiger partial charge in [-0.05, 0) is 18.2 Å². The van der Waals surface area contributed by atoms with Gasteiger partial charge in [-0.2, -0.15) is 0 Å². The van der Waals surface area contributed by atoms with Gasteiger partial charge < -0.3 is 5.11 Å². The lowest BCUT2D eigenvalue weighted by atomic mass is 10.2. The van der Waals surface area contributed by atoms with Gasteiger partial charge in [0.2, 0.25) is 0 Å². The molecule has 1 aromatic carbocycles. The third kappa shape index (κ3) is 1.35. The predicted octanol–water partition coefficient (Wildman–Crippen LogP) is 1.85. The van der Waals surface area contributed by atoms with Crippen LogP contribution in [0.5, 0.6) is 5.75 Å². The van der Waals surface area contributed by atoms with Gasteiger partial charge in [0, 0.05) is 11.5 Å². The highest BCUT2D eigenvalue weighted by molar-refractivity contribution is 5.81. The molecule has 0 unspecified atom stereocenters. The largest absolute Gasteiger partial charge is 0.508 e. The Morgan fingerprint density at radius 2 is 2.14 bits per heavy atom. The minimum Gasteiger partial charge on any atom is -0.508 e. The number of aromatic nitrogens is 1. The molecule has 0 aliphatic heterocycles. The van der Waals surface area contributed by atoms with Crippen molar-refractivity contribution in [3.63, 3.8) is 0 Å². The molecule has 0 atom stereocenters. The average molecular weight is 190 g/mol. The van der Waals surface area contributed by atoms with Crippen molar-refractivity contribution < 1.29 is 10.0 Å². The fourth-order valence-electron chi connectivity index (χ4n) is 1.21. The van der Waals surface area contributed by atoms with Gasteiger partial charge in [0.25, 0.3) is 5.69 Å². The number of aromatic hydroxyl groups is 1. The maximum absolute atomic E-state index is 10.4. The Hall–Kier alpha value is -2.17. The van der Waals surface area contributed by atoms with E-state index in [4.69, 9.17) is 5.11 Å². The molecule has 1 aromatic heterocycles. The quantitative estimate of drug-likeness (QED) is 0.549. The lowest BCUT2D eigenvalue weighted by Crippen LogP contribution is -1.89. The SMILES string of the molecule is O=[N+]([O-])c1cnc2ccc(O)cc2c1. The van der Waals surface area contributed by atoms with Crippen LogP contribution >= 0.6 is 0 Å². The lowest BCUT2D eigenvalue weighted by molar-refractivity contribution is -0.385. The van der Waals surface area contributed by atoms with Crippen LogP contribution in [0, 0.1) is 10.1 Å². The first kappa shape index (κ1) is 8.43. The van der Waals surface area contributed by atoms with Crippen LogP contribution in [0.3, 0.4) is 0 Å². The van der Waals surface area contributed by atoms with Crippen molar-refractivity contribution in [3.05, 3.63) is 40.6 Å². The van der Waals surface area contributed by atoms with Crippen molar-refractivity contribution in [1.29, 1.82) is 0 Å². The van der Waals surface area contributed by atoms with Crippen molar-refractivity contribution in [1.82, 2.24) is 4.98 Å². The number of rotatable bonds is 1. The summed E-state index contributed by atoms with van der Waals surface area (Å²) in [7, 11) is 0. The summed E-state index contributed by atoms with van der Waals surface area (Å²) in [4.78, 5) is 13.8. The molecule has 0 fully saturated rings. The van der Waals surface area contributed by atoms with E-state index >= 15 is 0 Å². The first-order valence-corrected chi connectivity index (χ1v) is 3.90. The van der Waals surface area contributed by atoms with Crippen molar-refractivity contribution in [3.8, 4) is 5.75 Å². The normalized spacial score (nSPS) is 10.3. The van der Waals surface area contributed by atoms with Gasteiger partial charge in [-0.3, -0.25) is 10.1 Å². The molecule has 0 spiro atoms. The summed E-state index contributed by atoms with van der Waals surface area (Å²) in [5, 5.41) is 20.1. The predicted molar refractivity (Wildman–Crippen MR) is 50.1 cm³/mol. The fourth-order valence-corrected chi connectivity index (χ4v) is 1.21. The minimum atomic E-state index is -0.517. The number of hydrogen-bond acceptors (Lipinski definition) is 4. The van der Waals surface area contributed by atoms with Gasteiger partial charge in [0.1, 0.15) is 11.9 Å². The highest BCUT2D eigenvalue weighted by atomic mass is 16.6. The van der Waals surface area contributed by atoms with Crippen LogP contribution in [0.1, 0.15) is 0 Å². The van der Waals surface area contributed by atoms with E-state index < -0.39 is 4.92 Å². The second-order valence-corrected chi connectivity index (χ2v) is 2.83. The van der Waals surface area contributed by atoms with Gasteiger partial charge in [-0.25, -0.2) is 4.98 Å². The molecule has 0 aliphatic carbocycles. The van der Waals surface area contributed by atoms with Crippen LogP contribution in [0.25, 0.3) is 10.9 Å². The first-order valence-electron chi connectivity index (χ1n) is 3.90. The third-order valence-electron chi connectivity index (χ3n) is 1.86. The number of nitrogens with zero attached hydrogens (tertiary/aromatic N) is 2. The number of benzene rings is 1. The first-order chi connectivity index (χ1) is 6.66. The van der Waals surface area contributed by atoms with Crippen molar-refractivity contribution in [2.24, 2.45) is 0 Å². The second-order valence-electron chi connectivity index (χ2n) is 2.83. The lowest BCUT2D eigenvalue weighted by Gasteiger charge is -1.97. The van der Waals surface area contributed by atoms with E-state index in [2.05, 4.69) is 4.98 Å². The summed E-state index contributed by atoms with van der Waals surface area (Å²) in [6.45, 7) is 0. The Morgan fingerprint density at radius 1 is 1.36 bits per heavy atom. The van der Waals surface area contributed by atoms with Crippen LogP contribution in [0.2, 0.25) is 0 Å². The summed E-state index contributed by atoms with van der Waals surface area (Å²) in [5.74, 6) is 0.0693. The number of fused-ring (bicyclic) bond motifs is 1. The maximum atomic E-state index is 10.4. The molecule has 0 saturated heterocycles. The Bertz CT molecular complexity index is 510. The average Bonchev–Trinajstić information content (AvgIpc) is 2.16. The van der Waals surface area contributed by atoms with Crippen LogP contribution in [0.4, 0.5) is 5.69 Å². The van der Waals surface area contributed by atoms with Gasteiger partial charge >= 0.3 is 0 Å². The molecule has 1 N–H and O–H groups in total. The highest BCUT2D eigenvalue weighted by Gasteiger charge is 2.06. The summed E-state index contributed by atoms with van der Waals surface area (Å²) in [5.41, 5.74) is 0.538. The molecule has 0 saturated carbocycles. The Balaban J connectivity index is 2.69. The van der Waals surface area contributed by atoms with E-state index in [1.165, 1.54) is 24.4 Å². The number of nitro groups is 1. The van der Waals surface area contributed by atoms with Crippen LogP contribution in [0.15, 0.2) is 30.5 Å². The number of pyridine rings is 1. The van der Waals surface area contributed by atoms with E-state index in [1.807, 2.05) is 0 Å². The Kier molecular flexibility index (Phi) is 1.78. The molecule has 0 radical (unpaired) electrons. The summed E-state index contributed by atoms with van der Waals surface area (Å²) in [6.07, 6.45) is 1.19. The molecule has 14 heavy (non-hydrogen) atoms. The molecule has 5 nitrogen and oxygen atoms in total. The molecule has 70 valence electrons. The molecular formula is C9H6N2O3. The van der Waals surface area contributed by atoms with Crippen LogP contribution < -0.4 is 0 Å². The van der Waals surface area contributed by atoms with Gasteiger partial charge in [0.05, 0.1) is 10.4 Å². The topological polar surface area (TPSA) is 76.3 Å². The smallest absolute Gasteiger partial charge is 0.288 e. The van der Waals surface area contributed by atoms with Crippen molar-refractivity contribution >= 4 is 16.6 Å². The Morgan fingerprint density at radius 3 is 2.86 bits per heavy atom. The minimum absolute atomic E-state index is 0.0693. The molecule has 0 aliphatic rings. The van der Waals surface area contributed by atoms with E-state index in [-0.39, 0.29) is 11.4 Å². The highest BCUT2D eigenvalue weighted by Crippen LogP contribution is 2.21. The summed E-state index contributed by atoms with van der Waals surface area (Å²) in [6, 6.07) is 5.91. The zero-order valence-corrected chi connectivity index (χ0v) is 7.04.